The zero-order valence-corrected chi connectivity index (χ0v) is 20.7. The largest absolute Gasteiger partial charge is 0.383 e. The summed E-state index contributed by atoms with van der Waals surface area (Å²) in [5, 5.41) is 3.37. The van der Waals surface area contributed by atoms with Gasteiger partial charge >= 0.3 is 0 Å². The molecule has 3 aromatic rings. The first-order chi connectivity index (χ1) is 17.2. The number of para-hydroxylation sites is 2. The van der Waals surface area contributed by atoms with Gasteiger partial charge in [-0.1, -0.05) is 42.5 Å². The maximum Gasteiger partial charge on any atom is 0.223 e. The van der Waals surface area contributed by atoms with Gasteiger partial charge in [0.1, 0.15) is 0 Å². The van der Waals surface area contributed by atoms with Crippen molar-refractivity contribution in [2.24, 2.45) is 5.92 Å². The molecule has 3 heterocycles. The first-order valence-corrected chi connectivity index (χ1v) is 13.0. The molecule has 7 nitrogen and oxygen atoms in total. The van der Waals surface area contributed by atoms with E-state index in [1.807, 2.05) is 6.07 Å². The Morgan fingerprint density at radius 1 is 0.971 bits per heavy atom. The Bertz CT molecular complexity index is 1100. The lowest BCUT2D eigenvalue weighted by Crippen LogP contribution is -2.48. The molecule has 2 aliphatic rings. The smallest absolute Gasteiger partial charge is 0.223 e. The van der Waals surface area contributed by atoms with E-state index in [-0.39, 0.29) is 11.8 Å². The quantitative estimate of drug-likeness (QED) is 0.539. The molecule has 0 aliphatic carbocycles. The molecule has 186 valence electrons. The third kappa shape index (κ3) is 5.68. The molecule has 0 bridgehead atoms. The van der Waals surface area contributed by atoms with Crippen molar-refractivity contribution in [3.05, 3.63) is 60.2 Å². The number of anilines is 1. The summed E-state index contributed by atoms with van der Waals surface area (Å²) in [6, 6.07) is 19.2. The van der Waals surface area contributed by atoms with Crippen molar-refractivity contribution in [2.75, 3.05) is 44.8 Å². The summed E-state index contributed by atoms with van der Waals surface area (Å²) in [6.07, 6.45) is 3.79. The Labute approximate surface area is 208 Å². The number of nitrogens with one attached hydrogen (secondary N) is 1. The van der Waals surface area contributed by atoms with Crippen molar-refractivity contribution >= 4 is 22.9 Å². The molecule has 5 rings (SSSR count). The molecule has 35 heavy (non-hydrogen) atoms. The number of methoxy groups -OCH3 is 1. The molecule has 1 aromatic heterocycles. The molecule has 1 N–H and O–H groups in total. The topological polar surface area (TPSA) is 62.6 Å². The summed E-state index contributed by atoms with van der Waals surface area (Å²) in [4.78, 5) is 22.8. The number of piperidine rings is 2. The van der Waals surface area contributed by atoms with E-state index in [9.17, 15) is 4.79 Å². The van der Waals surface area contributed by atoms with Gasteiger partial charge in [-0.3, -0.25) is 9.69 Å². The third-order valence-electron chi connectivity index (χ3n) is 7.48. The van der Waals surface area contributed by atoms with Crippen LogP contribution in [0.1, 0.15) is 31.2 Å². The van der Waals surface area contributed by atoms with Gasteiger partial charge in [0.05, 0.1) is 17.6 Å². The lowest BCUT2D eigenvalue weighted by atomic mass is 9.95. The van der Waals surface area contributed by atoms with Gasteiger partial charge in [-0.25, -0.2) is 4.98 Å². The Morgan fingerprint density at radius 3 is 2.43 bits per heavy atom. The molecule has 2 fully saturated rings. The van der Waals surface area contributed by atoms with E-state index in [2.05, 4.69) is 68.2 Å². The van der Waals surface area contributed by atoms with Crippen LogP contribution in [-0.4, -0.2) is 66.3 Å². The number of imidazole rings is 1. The lowest BCUT2D eigenvalue weighted by Gasteiger charge is -2.35. The molecule has 0 radical (unpaired) electrons. The minimum absolute atomic E-state index is 0.0883. The highest BCUT2D eigenvalue weighted by atomic mass is 16.5. The summed E-state index contributed by atoms with van der Waals surface area (Å²) >= 11 is 0. The summed E-state index contributed by atoms with van der Waals surface area (Å²) in [5.41, 5.74) is 3.51. The SMILES string of the molecule is COCCn1c(N2CCC(C(=O)NC3CCN(Cc4ccccc4)CC3)CC2)nc2ccccc21. The van der Waals surface area contributed by atoms with Gasteiger partial charge in [0, 0.05) is 58.3 Å². The van der Waals surface area contributed by atoms with E-state index >= 15 is 0 Å². The van der Waals surface area contributed by atoms with Crippen LogP contribution in [0.5, 0.6) is 0 Å². The van der Waals surface area contributed by atoms with Crippen molar-refractivity contribution < 1.29 is 9.53 Å². The highest BCUT2D eigenvalue weighted by molar-refractivity contribution is 5.80. The van der Waals surface area contributed by atoms with Gasteiger partial charge in [-0.15, -0.1) is 0 Å². The van der Waals surface area contributed by atoms with E-state index in [1.165, 1.54) is 5.56 Å². The number of rotatable bonds is 8. The number of likely N-dealkylation sites (tertiary alicyclic amines) is 1. The minimum Gasteiger partial charge on any atom is -0.383 e. The number of benzene rings is 2. The maximum absolute atomic E-state index is 13.1. The van der Waals surface area contributed by atoms with Crippen LogP contribution in [0.3, 0.4) is 0 Å². The van der Waals surface area contributed by atoms with E-state index < -0.39 is 0 Å². The molecular formula is C28H37N5O2. The molecule has 0 spiro atoms. The number of carbonyl (C=O) groups excluding carboxylic acids is 1. The van der Waals surface area contributed by atoms with E-state index in [1.54, 1.807) is 7.11 Å². The van der Waals surface area contributed by atoms with Crippen LogP contribution in [0, 0.1) is 5.92 Å². The van der Waals surface area contributed by atoms with Gasteiger partial charge in [-0.05, 0) is 43.4 Å². The van der Waals surface area contributed by atoms with E-state index in [4.69, 9.17) is 9.72 Å². The zero-order chi connectivity index (χ0) is 24.0. The fourth-order valence-corrected chi connectivity index (χ4v) is 5.44. The number of hydrogen-bond donors (Lipinski definition) is 1. The Balaban J connectivity index is 1.12. The van der Waals surface area contributed by atoms with Crippen LogP contribution in [0.25, 0.3) is 11.0 Å². The van der Waals surface area contributed by atoms with Crippen molar-refractivity contribution in [1.82, 2.24) is 19.8 Å². The number of aromatic nitrogens is 2. The number of carbonyl (C=O) groups is 1. The van der Waals surface area contributed by atoms with Crippen LogP contribution >= 0.6 is 0 Å². The van der Waals surface area contributed by atoms with Crippen LogP contribution in [0.2, 0.25) is 0 Å². The second-order valence-electron chi connectivity index (χ2n) is 9.85. The van der Waals surface area contributed by atoms with Gasteiger partial charge in [0.25, 0.3) is 0 Å². The van der Waals surface area contributed by atoms with Crippen molar-refractivity contribution in [3.8, 4) is 0 Å². The zero-order valence-electron chi connectivity index (χ0n) is 20.7. The van der Waals surface area contributed by atoms with Crippen molar-refractivity contribution in [1.29, 1.82) is 0 Å². The molecule has 0 unspecified atom stereocenters. The minimum atomic E-state index is 0.0883. The average Bonchev–Trinajstić information content (AvgIpc) is 3.28. The molecular weight excluding hydrogens is 438 g/mol. The Morgan fingerprint density at radius 2 is 1.69 bits per heavy atom. The predicted octanol–water partition coefficient (Wildman–Crippen LogP) is 3.68. The van der Waals surface area contributed by atoms with E-state index in [0.717, 1.165) is 81.9 Å². The number of amides is 1. The second-order valence-corrected chi connectivity index (χ2v) is 9.85. The monoisotopic (exact) mass is 475 g/mol. The molecule has 0 atom stereocenters. The van der Waals surface area contributed by atoms with Gasteiger partial charge in [0.2, 0.25) is 11.9 Å². The van der Waals surface area contributed by atoms with Gasteiger partial charge in [0.15, 0.2) is 0 Å². The summed E-state index contributed by atoms with van der Waals surface area (Å²) in [5.74, 6) is 1.32. The lowest BCUT2D eigenvalue weighted by molar-refractivity contribution is -0.126. The fraction of sp³-hybridized carbons (Fsp3) is 0.500. The molecule has 1 amide bonds. The van der Waals surface area contributed by atoms with Crippen LogP contribution in [-0.2, 0) is 22.6 Å². The van der Waals surface area contributed by atoms with Crippen LogP contribution in [0.15, 0.2) is 54.6 Å². The predicted molar refractivity (Wildman–Crippen MR) is 139 cm³/mol. The Kier molecular flexibility index (Phi) is 7.64. The summed E-state index contributed by atoms with van der Waals surface area (Å²) in [7, 11) is 1.73. The first-order valence-electron chi connectivity index (χ1n) is 13.0. The van der Waals surface area contributed by atoms with Crippen LogP contribution < -0.4 is 10.2 Å². The summed E-state index contributed by atoms with van der Waals surface area (Å²) in [6.45, 7) is 6.20. The standard InChI is InChI=1S/C28H37N5O2/c1-35-20-19-33-26-10-6-5-9-25(26)30-28(33)32-17-11-23(12-18-32)27(34)29-24-13-15-31(16-14-24)21-22-7-3-2-4-8-22/h2-10,23-24H,11-21H2,1H3,(H,29,34). The normalized spacial score (nSPS) is 18.3. The van der Waals surface area contributed by atoms with Crippen LogP contribution in [0.4, 0.5) is 5.95 Å². The fourth-order valence-electron chi connectivity index (χ4n) is 5.44. The first kappa shape index (κ1) is 23.8. The number of ether oxygens (including phenoxy) is 1. The van der Waals surface area contributed by atoms with Crippen molar-refractivity contribution in [3.63, 3.8) is 0 Å². The molecule has 2 aromatic carbocycles. The van der Waals surface area contributed by atoms with Crippen molar-refractivity contribution in [2.45, 2.75) is 44.8 Å². The number of nitrogens with zero attached hydrogens (tertiary/aromatic N) is 4. The average molecular weight is 476 g/mol. The molecule has 0 saturated carbocycles. The highest BCUT2D eigenvalue weighted by Crippen LogP contribution is 2.27. The summed E-state index contributed by atoms with van der Waals surface area (Å²) < 4.78 is 7.59. The molecule has 7 heteroatoms. The molecule has 2 saturated heterocycles. The maximum atomic E-state index is 13.1. The number of fused-ring (bicyclic) bond motifs is 1. The van der Waals surface area contributed by atoms with Gasteiger partial charge in [-0.2, -0.15) is 0 Å². The van der Waals surface area contributed by atoms with E-state index in [0.29, 0.717) is 12.6 Å². The van der Waals surface area contributed by atoms with Gasteiger partial charge < -0.3 is 19.5 Å². The number of hydrogen-bond acceptors (Lipinski definition) is 5. The highest BCUT2D eigenvalue weighted by Gasteiger charge is 2.29. The molecule has 2 aliphatic heterocycles. The Hall–Kier alpha value is -2.90. The third-order valence-corrected chi connectivity index (χ3v) is 7.48. The second kappa shape index (κ2) is 11.2.